The van der Waals surface area contributed by atoms with Crippen molar-refractivity contribution < 1.29 is 14.3 Å². The van der Waals surface area contributed by atoms with Crippen LogP contribution in [0.1, 0.15) is 64.4 Å². The van der Waals surface area contributed by atoms with Gasteiger partial charge in [0.15, 0.2) is 0 Å². The number of nitrogens with zero attached hydrogens (tertiary/aromatic N) is 3. The molecular formula is C20H32N4O3. The smallest absolute Gasteiger partial charge is 0.320 e. The zero-order valence-electron chi connectivity index (χ0n) is 16.6. The third-order valence-corrected chi connectivity index (χ3v) is 5.47. The van der Waals surface area contributed by atoms with E-state index in [-0.39, 0.29) is 24.4 Å². The zero-order chi connectivity index (χ0) is 19.2. The number of ether oxygens (including phenoxy) is 2. The molecule has 2 aliphatic heterocycles. The van der Waals surface area contributed by atoms with Crippen LogP contribution < -0.4 is 15.4 Å². The molecule has 1 atom stereocenters. The summed E-state index contributed by atoms with van der Waals surface area (Å²) in [5, 5.41) is 0. The van der Waals surface area contributed by atoms with E-state index in [1.54, 1.807) is 4.90 Å². The summed E-state index contributed by atoms with van der Waals surface area (Å²) >= 11 is 0. The van der Waals surface area contributed by atoms with Crippen molar-refractivity contribution in [3.8, 4) is 6.01 Å². The van der Waals surface area contributed by atoms with Gasteiger partial charge in [-0.05, 0) is 38.5 Å². The molecule has 1 aromatic rings. The van der Waals surface area contributed by atoms with Crippen LogP contribution in [0.25, 0.3) is 0 Å². The largest absolute Gasteiger partial charge is 0.460 e. The van der Waals surface area contributed by atoms with Crippen LogP contribution in [0.2, 0.25) is 0 Å². The van der Waals surface area contributed by atoms with E-state index in [2.05, 4.69) is 16.9 Å². The topological polar surface area (TPSA) is 90.6 Å². The summed E-state index contributed by atoms with van der Waals surface area (Å²) in [6.45, 7) is 6.56. The fourth-order valence-corrected chi connectivity index (χ4v) is 3.89. The van der Waals surface area contributed by atoms with Gasteiger partial charge in [0.2, 0.25) is 5.91 Å². The third kappa shape index (κ3) is 5.09. The molecule has 0 bridgehead atoms. The lowest BCUT2D eigenvalue weighted by Gasteiger charge is -2.22. The summed E-state index contributed by atoms with van der Waals surface area (Å²) in [4.78, 5) is 23.0. The van der Waals surface area contributed by atoms with Crippen LogP contribution in [-0.2, 0) is 16.0 Å². The second-order valence-corrected chi connectivity index (χ2v) is 7.68. The van der Waals surface area contributed by atoms with Gasteiger partial charge in [-0.2, -0.15) is 9.97 Å². The van der Waals surface area contributed by atoms with Gasteiger partial charge in [0, 0.05) is 25.3 Å². The first-order chi connectivity index (χ1) is 13.1. The molecule has 1 saturated heterocycles. The Bertz CT molecular complexity index is 646. The summed E-state index contributed by atoms with van der Waals surface area (Å²) in [5.74, 6) is 1.81. The van der Waals surface area contributed by atoms with E-state index in [4.69, 9.17) is 15.2 Å². The minimum atomic E-state index is 0.0254. The van der Waals surface area contributed by atoms with Crippen LogP contribution in [-0.4, -0.2) is 41.7 Å². The van der Waals surface area contributed by atoms with Gasteiger partial charge in [-0.25, -0.2) is 0 Å². The van der Waals surface area contributed by atoms with Gasteiger partial charge < -0.3 is 15.2 Å². The maximum atomic E-state index is 12.5. The second kappa shape index (κ2) is 9.35. The van der Waals surface area contributed by atoms with E-state index in [0.717, 1.165) is 63.2 Å². The highest BCUT2D eigenvalue weighted by atomic mass is 16.5. The second-order valence-electron chi connectivity index (χ2n) is 7.68. The molecule has 0 saturated carbocycles. The first kappa shape index (κ1) is 19.9. The average Bonchev–Trinajstić information content (AvgIpc) is 2.96. The van der Waals surface area contributed by atoms with Crippen LogP contribution in [0.3, 0.4) is 0 Å². The number of anilines is 2. The Morgan fingerprint density at radius 1 is 1.30 bits per heavy atom. The van der Waals surface area contributed by atoms with Crippen LogP contribution in [0.5, 0.6) is 6.01 Å². The van der Waals surface area contributed by atoms with E-state index in [1.807, 2.05) is 6.92 Å². The lowest BCUT2D eigenvalue weighted by molar-refractivity contribution is -0.117. The SMILES string of the molecule is CCC[C@@H](C)Oc1nc(N)c2c(n1)N(CCCCC1CCOCC1)C(=O)C2. The molecule has 1 fully saturated rings. The molecule has 1 aromatic heterocycles. The summed E-state index contributed by atoms with van der Waals surface area (Å²) in [7, 11) is 0. The van der Waals surface area contributed by atoms with Crippen molar-refractivity contribution in [1.82, 2.24) is 9.97 Å². The Labute approximate surface area is 161 Å². The van der Waals surface area contributed by atoms with Gasteiger partial charge in [0.1, 0.15) is 11.6 Å². The normalized spacial score (nSPS) is 18.6. The Morgan fingerprint density at radius 3 is 2.81 bits per heavy atom. The van der Waals surface area contributed by atoms with Crippen LogP contribution in [0.15, 0.2) is 0 Å². The molecule has 0 aliphatic carbocycles. The number of unbranched alkanes of at least 4 members (excludes halogenated alkanes) is 1. The maximum absolute atomic E-state index is 12.5. The molecular weight excluding hydrogens is 344 g/mol. The van der Waals surface area contributed by atoms with Gasteiger partial charge in [-0.3, -0.25) is 9.69 Å². The first-order valence-corrected chi connectivity index (χ1v) is 10.3. The summed E-state index contributed by atoms with van der Waals surface area (Å²) < 4.78 is 11.2. The molecule has 2 aliphatic rings. The monoisotopic (exact) mass is 376 g/mol. The molecule has 27 heavy (non-hydrogen) atoms. The molecule has 3 heterocycles. The number of carbonyl (C=O) groups excluding carboxylic acids is 1. The van der Waals surface area contributed by atoms with Gasteiger partial charge in [-0.15, -0.1) is 0 Å². The number of nitrogens with two attached hydrogens (primary N) is 1. The Morgan fingerprint density at radius 2 is 2.07 bits per heavy atom. The van der Waals surface area contributed by atoms with E-state index >= 15 is 0 Å². The van der Waals surface area contributed by atoms with Crippen molar-refractivity contribution in [3.63, 3.8) is 0 Å². The standard InChI is InChI=1S/C20H32N4O3/c1-3-6-14(2)27-20-22-18(21)16-13-17(25)24(19(16)23-20)10-5-4-7-15-8-11-26-12-9-15/h14-15H,3-13H2,1-2H3,(H2,21,22,23)/t14-/m1/s1. The number of fused-ring (bicyclic) bond motifs is 1. The maximum Gasteiger partial charge on any atom is 0.320 e. The summed E-state index contributed by atoms with van der Waals surface area (Å²) in [6, 6.07) is 0.272. The number of rotatable bonds is 9. The van der Waals surface area contributed by atoms with Crippen LogP contribution in [0.4, 0.5) is 11.6 Å². The Hall–Kier alpha value is -1.89. The summed E-state index contributed by atoms with van der Waals surface area (Å²) in [6.07, 6.45) is 7.86. The minimum absolute atomic E-state index is 0.0254. The predicted molar refractivity (Wildman–Crippen MR) is 105 cm³/mol. The quantitative estimate of drug-likeness (QED) is 0.666. The average molecular weight is 377 g/mol. The third-order valence-electron chi connectivity index (χ3n) is 5.47. The van der Waals surface area contributed by atoms with E-state index in [9.17, 15) is 4.79 Å². The molecule has 0 radical (unpaired) electrons. The molecule has 7 nitrogen and oxygen atoms in total. The molecule has 0 spiro atoms. The summed E-state index contributed by atoms with van der Waals surface area (Å²) in [5.41, 5.74) is 6.81. The lowest BCUT2D eigenvalue weighted by atomic mass is 9.94. The number of amides is 1. The van der Waals surface area contributed by atoms with Gasteiger partial charge in [0.05, 0.1) is 12.5 Å². The van der Waals surface area contributed by atoms with Gasteiger partial charge >= 0.3 is 6.01 Å². The Kier molecular flexibility index (Phi) is 6.88. The fourth-order valence-electron chi connectivity index (χ4n) is 3.89. The van der Waals surface area contributed by atoms with E-state index < -0.39 is 0 Å². The Balaban J connectivity index is 1.59. The highest BCUT2D eigenvalue weighted by Gasteiger charge is 2.32. The van der Waals surface area contributed by atoms with Gasteiger partial charge in [-0.1, -0.05) is 26.2 Å². The molecule has 0 unspecified atom stereocenters. The number of nitrogen functional groups attached to an aromatic ring is 1. The van der Waals surface area contributed by atoms with Gasteiger partial charge in [0.25, 0.3) is 0 Å². The van der Waals surface area contributed by atoms with E-state index in [0.29, 0.717) is 18.2 Å². The minimum Gasteiger partial charge on any atom is -0.460 e. The number of aromatic nitrogens is 2. The lowest BCUT2D eigenvalue weighted by Crippen LogP contribution is -2.28. The first-order valence-electron chi connectivity index (χ1n) is 10.3. The van der Waals surface area contributed by atoms with Crippen molar-refractivity contribution in [2.75, 3.05) is 30.4 Å². The van der Waals surface area contributed by atoms with Crippen molar-refractivity contribution in [2.24, 2.45) is 5.92 Å². The molecule has 0 aromatic carbocycles. The molecule has 3 rings (SSSR count). The van der Waals surface area contributed by atoms with Crippen molar-refractivity contribution in [3.05, 3.63) is 5.56 Å². The zero-order valence-corrected chi connectivity index (χ0v) is 16.6. The highest BCUT2D eigenvalue weighted by Crippen LogP contribution is 2.33. The number of hydrogen-bond acceptors (Lipinski definition) is 6. The fraction of sp³-hybridized carbons (Fsp3) is 0.750. The number of carbonyl (C=O) groups is 1. The van der Waals surface area contributed by atoms with Crippen LogP contribution >= 0.6 is 0 Å². The molecule has 1 amide bonds. The molecule has 2 N–H and O–H groups in total. The van der Waals surface area contributed by atoms with Crippen molar-refractivity contribution >= 4 is 17.5 Å². The highest BCUT2D eigenvalue weighted by molar-refractivity contribution is 6.01. The van der Waals surface area contributed by atoms with Crippen molar-refractivity contribution in [2.45, 2.75) is 71.3 Å². The number of hydrogen-bond donors (Lipinski definition) is 1. The predicted octanol–water partition coefficient (Wildman–Crippen LogP) is 3.11. The molecule has 7 heteroatoms. The van der Waals surface area contributed by atoms with E-state index in [1.165, 1.54) is 6.42 Å². The van der Waals surface area contributed by atoms with Crippen LogP contribution in [0, 0.1) is 5.92 Å². The van der Waals surface area contributed by atoms with Crippen molar-refractivity contribution in [1.29, 1.82) is 0 Å². The molecule has 150 valence electrons.